The quantitative estimate of drug-likeness (QED) is 0.211. The van der Waals surface area contributed by atoms with Gasteiger partial charge in [0.05, 0.1) is 31.3 Å². The minimum atomic E-state index is -0.503. The molecule has 3 aromatic carbocycles. The Labute approximate surface area is 254 Å². The van der Waals surface area contributed by atoms with Gasteiger partial charge in [0, 0.05) is 23.9 Å². The van der Waals surface area contributed by atoms with Crippen molar-refractivity contribution in [3.63, 3.8) is 0 Å². The van der Waals surface area contributed by atoms with Crippen LogP contribution in [0.5, 0.6) is 11.5 Å². The Morgan fingerprint density at radius 1 is 0.884 bits per heavy atom. The van der Waals surface area contributed by atoms with Gasteiger partial charge in [-0.25, -0.2) is 0 Å². The third-order valence-electron chi connectivity index (χ3n) is 8.11. The van der Waals surface area contributed by atoms with E-state index in [2.05, 4.69) is 32.3 Å². The van der Waals surface area contributed by atoms with Gasteiger partial charge in [-0.05, 0) is 72.0 Å². The fraction of sp³-hybridized carbons (Fsp3) is 0.333. The zero-order chi connectivity index (χ0) is 30.7. The highest BCUT2D eigenvalue weighted by Crippen LogP contribution is 2.45. The number of rotatable bonds is 9. The lowest BCUT2D eigenvalue weighted by atomic mass is 9.86. The molecule has 1 aliphatic rings. The lowest BCUT2D eigenvalue weighted by Crippen LogP contribution is -2.47. The summed E-state index contributed by atoms with van der Waals surface area (Å²) in [7, 11) is 3.25. The predicted octanol–water partition coefficient (Wildman–Crippen LogP) is 7.17. The molecule has 1 aliphatic heterocycles. The summed E-state index contributed by atoms with van der Waals surface area (Å²) in [5.74, 6) is 0.990. The molecule has 2 heterocycles. The molecule has 0 N–H and O–H groups in total. The minimum Gasteiger partial charge on any atom is -0.497 e. The fourth-order valence-corrected chi connectivity index (χ4v) is 5.75. The molecule has 224 valence electrons. The van der Waals surface area contributed by atoms with E-state index in [1.165, 1.54) is 0 Å². The van der Waals surface area contributed by atoms with Gasteiger partial charge < -0.3 is 18.9 Å². The summed E-state index contributed by atoms with van der Waals surface area (Å²) in [4.78, 5) is 32.0. The Morgan fingerprint density at radius 2 is 1.60 bits per heavy atom. The molecule has 5 rings (SSSR count). The third-order valence-corrected chi connectivity index (χ3v) is 8.11. The van der Waals surface area contributed by atoms with Crippen molar-refractivity contribution in [1.82, 2.24) is 9.47 Å². The van der Waals surface area contributed by atoms with E-state index in [0.717, 1.165) is 41.0 Å². The van der Waals surface area contributed by atoms with Crippen LogP contribution in [0.3, 0.4) is 0 Å². The molecule has 0 saturated carbocycles. The standard InChI is InChI=1S/C36H41N3O4/c1-7-8-21-37(35(41)25-15-17-26(18-16-25)36(2,3)4)24-33(40)39-30-13-10-9-12-29(30)38-22-11-14-31(38)34(39)28-23-27(42-5)19-20-32(28)43-6/h9-20,22-23,34H,7-8,21,24H2,1-6H3. The van der Waals surface area contributed by atoms with Gasteiger partial charge in [0.25, 0.3) is 5.91 Å². The summed E-state index contributed by atoms with van der Waals surface area (Å²) >= 11 is 0. The van der Waals surface area contributed by atoms with Crippen LogP contribution in [-0.2, 0) is 10.2 Å². The number of anilines is 1. The molecule has 0 aliphatic carbocycles. The van der Waals surface area contributed by atoms with Gasteiger partial charge in [0.15, 0.2) is 0 Å². The van der Waals surface area contributed by atoms with Crippen LogP contribution >= 0.6 is 0 Å². The number of carbonyl (C=O) groups is 2. The second kappa shape index (κ2) is 12.4. The average Bonchev–Trinajstić information content (AvgIpc) is 3.51. The highest BCUT2D eigenvalue weighted by Gasteiger charge is 2.38. The SMILES string of the molecule is CCCCN(CC(=O)N1c2ccccc2-n2cccc2C1c1cc(OC)ccc1OC)C(=O)c1ccc(C(C)(C)C)cc1. The maximum absolute atomic E-state index is 14.6. The average molecular weight is 580 g/mol. The monoisotopic (exact) mass is 579 g/mol. The molecule has 0 spiro atoms. The van der Waals surface area contributed by atoms with Crippen molar-refractivity contribution in [3.05, 3.63) is 107 Å². The van der Waals surface area contributed by atoms with Crippen LogP contribution < -0.4 is 14.4 Å². The molecule has 0 bridgehead atoms. The van der Waals surface area contributed by atoms with E-state index in [4.69, 9.17) is 9.47 Å². The summed E-state index contributed by atoms with van der Waals surface area (Å²) < 4.78 is 13.5. The first-order valence-electron chi connectivity index (χ1n) is 14.9. The van der Waals surface area contributed by atoms with E-state index in [0.29, 0.717) is 23.6 Å². The molecule has 0 saturated heterocycles. The van der Waals surface area contributed by atoms with Gasteiger partial charge in [0.1, 0.15) is 24.1 Å². The fourth-order valence-electron chi connectivity index (χ4n) is 5.75. The molecule has 4 aromatic rings. The first-order chi connectivity index (χ1) is 20.7. The number of unbranched alkanes of at least 4 members (excludes halogenated alkanes) is 1. The number of methoxy groups -OCH3 is 2. The largest absolute Gasteiger partial charge is 0.497 e. The number of carbonyl (C=O) groups excluding carboxylic acids is 2. The second-order valence-electron chi connectivity index (χ2n) is 12.0. The van der Waals surface area contributed by atoms with Crippen LogP contribution in [0.4, 0.5) is 5.69 Å². The van der Waals surface area contributed by atoms with Gasteiger partial charge in [-0.1, -0.05) is 58.4 Å². The van der Waals surface area contributed by atoms with Crippen molar-refractivity contribution in [2.75, 3.05) is 32.2 Å². The molecular weight excluding hydrogens is 538 g/mol. The second-order valence-corrected chi connectivity index (χ2v) is 12.0. The van der Waals surface area contributed by atoms with Crippen LogP contribution in [0.15, 0.2) is 85.1 Å². The molecule has 0 radical (unpaired) electrons. The van der Waals surface area contributed by atoms with E-state index in [-0.39, 0.29) is 23.8 Å². The smallest absolute Gasteiger partial charge is 0.254 e. The topological polar surface area (TPSA) is 64.0 Å². The summed E-state index contributed by atoms with van der Waals surface area (Å²) in [5.41, 5.74) is 5.10. The lowest BCUT2D eigenvalue weighted by molar-refractivity contribution is -0.119. The Morgan fingerprint density at radius 3 is 2.26 bits per heavy atom. The van der Waals surface area contributed by atoms with E-state index in [9.17, 15) is 9.59 Å². The normalized spacial score (nSPS) is 14.1. The number of para-hydroxylation sites is 2. The van der Waals surface area contributed by atoms with Crippen molar-refractivity contribution >= 4 is 17.5 Å². The van der Waals surface area contributed by atoms with Crippen molar-refractivity contribution in [1.29, 1.82) is 0 Å². The molecule has 2 amide bonds. The van der Waals surface area contributed by atoms with Crippen molar-refractivity contribution in [3.8, 4) is 17.2 Å². The Balaban J connectivity index is 1.57. The van der Waals surface area contributed by atoms with E-state index in [1.54, 1.807) is 19.1 Å². The van der Waals surface area contributed by atoms with Gasteiger partial charge in [-0.15, -0.1) is 0 Å². The number of fused-ring (bicyclic) bond motifs is 3. The van der Waals surface area contributed by atoms with E-state index >= 15 is 0 Å². The van der Waals surface area contributed by atoms with Gasteiger partial charge in [-0.3, -0.25) is 14.5 Å². The minimum absolute atomic E-state index is 0.0189. The number of aromatic nitrogens is 1. The maximum atomic E-state index is 14.6. The lowest BCUT2D eigenvalue weighted by Gasteiger charge is -2.40. The highest BCUT2D eigenvalue weighted by molar-refractivity contribution is 6.02. The van der Waals surface area contributed by atoms with Crippen LogP contribution in [0.2, 0.25) is 0 Å². The number of hydrogen-bond acceptors (Lipinski definition) is 4. The zero-order valence-corrected chi connectivity index (χ0v) is 26.0. The Kier molecular flexibility index (Phi) is 8.62. The highest BCUT2D eigenvalue weighted by atomic mass is 16.5. The molecule has 1 unspecified atom stereocenters. The number of nitrogens with zero attached hydrogens (tertiary/aromatic N) is 3. The Hall–Kier alpha value is -4.52. The van der Waals surface area contributed by atoms with Gasteiger partial charge >= 0.3 is 0 Å². The van der Waals surface area contributed by atoms with Crippen LogP contribution in [0, 0.1) is 0 Å². The number of amides is 2. The molecule has 0 fully saturated rings. The summed E-state index contributed by atoms with van der Waals surface area (Å²) in [6, 6.07) is 24.8. The third kappa shape index (κ3) is 5.89. The summed E-state index contributed by atoms with van der Waals surface area (Å²) in [6.45, 7) is 8.96. The van der Waals surface area contributed by atoms with Crippen LogP contribution in [-0.4, -0.2) is 48.6 Å². The molecule has 1 aromatic heterocycles. The van der Waals surface area contributed by atoms with E-state index < -0.39 is 6.04 Å². The molecule has 1 atom stereocenters. The van der Waals surface area contributed by atoms with Crippen LogP contribution in [0.25, 0.3) is 5.69 Å². The van der Waals surface area contributed by atoms with Crippen molar-refractivity contribution in [2.24, 2.45) is 0 Å². The van der Waals surface area contributed by atoms with E-state index in [1.807, 2.05) is 90.0 Å². The van der Waals surface area contributed by atoms with Gasteiger partial charge in [-0.2, -0.15) is 0 Å². The van der Waals surface area contributed by atoms with Gasteiger partial charge in [0.2, 0.25) is 5.91 Å². The van der Waals surface area contributed by atoms with Crippen molar-refractivity contribution < 1.29 is 19.1 Å². The first kappa shape index (κ1) is 30.0. The Bertz CT molecular complexity index is 1600. The molecule has 7 heteroatoms. The maximum Gasteiger partial charge on any atom is 0.254 e. The molecular formula is C36H41N3O4. The summed E-state index contributed by atoms with van der Waals surface area (Å²) in [6.07, 6.45) is 3.71. The zero-order valence-electron chi connectivity index (χ0n) is 26.0. The van der Waals surface area contributed by atoms with Crippen molar-refractivity contribution in [2.45, 2.75) is 52.0 Å². The predicted molar refractivity (Wildman–Crippen MR) is 171 cm³/mol. The number of hydrogen-bond donors (Lipinski definition) is 0. The summed E-state index contributed by atoms with van der Waals surface area (Å²) in [5, 5.41) is 0. The number of ether oxygens (including phenoxy) is 2. The first-order valence-corrected chi connectivity index (χ1v) is 14.9. The molecule has 43 heavy (non-hydrogen) atoms. The van der Waals surface area contributed by atoms with Crippen LogP contribution in [0.1, 0.15) is 73.8 Å². The molecule has 7 nitrogen and oxygen atoms in total. The number of benzene rings is 3.